The Morgan fingerprint density at radius 2 is 1.56 bits per heavy atom. The first-order valence-corrected chi connectivity index (χ1v) is 10.5. The van der Waals surface area contributed by atoms with Gasteiger partial charge in [0.25, 0.3) is 0 Å². The van der Waals surface area contributed by atoms with E-state index in [9.17, 15) is 15.0 Å². The fraction of sp³-hybridized carbons (Fsp3) is 0.231. The number of ether oxygens (including phenoxy) is 1. The lowest BCUT2D eigenvalue weighted by Gasteiger charge is -2.19. The number of rotatable bonds is 7. The molecule has 1 amide bonds. The van der Waals surface area contributed by atoms with Gasteiger partial charge in [0.05, 0.1) is 17.7 Å². The molecular formula is C26H24N2O4. The van der Waals surface area contributed by atoms with E-state index in [2.05, 4.69) is 29.6 Å². The molecule has 0 aliphatic heterocycles. The summed E-state index contributed by atoms with van der Waals surface area (Å²) >= 11 is 0. The van der Waals surface area contributed by atoms with Gasteiger partial charge in [-0.3, -0.25) is 0 Å². The third kappa shape index (κ3) is 4.35. The molecule has 3 aromatic carbocycles. The van der Waals surface area contributed by atoms with Crippen LogP contribution in [0.4, 0.5) is 4.79 Å². The number of aliphatic hydroxyl groups is 2. The molecular weight excluding hydrogens is 404 g/mol. The summed E-state index contributed by atoms with van der Waals surface area (Å²) in [5.41, 5.74) is 5.26. The number of hydrogen-bond acceptors (Lipinski definition) is 5. The molecule has 0 aromatic heterocycles. The molecule has 32 heavy (non-hydrogen) atoms. The first-order valence-electron chi connectivity index (χ1n) is 10.5. The van der Waals surface area contributed by atoms with Crippen molar-refractivity contribution in [3.63, 3.8) is 0 Å². The van der Waals surface area contributed by atoms with Gasteiger partial charge in [-0.1, -0.05) is 66.7 Å². The molecule has 1 aliphatic carbocycles. The number of fused-ring (bicyclic) bond motifs is 3. The number of alkyl carbamates (subject to hydrolysis) is 1. The van der Waals surface area contributed by atoms with Gasteiger partial charge in [-0.15, -0.1) is 0 Å². The third-order valence-electron chi connectivity index (χ3n) is 5.82. The zero-order chi connectivity index (χ0) is 22.5. The molecule has 6 heteroatoms. The average Bonchev–Trinajstić information content (AvgIpc) is 3.16. The maximum absolute atomic E-state index is 12.2. The standard InChI is InChI=1S/C26H24N2O4/c27-15-17-7-1-2-8-18(17)25(30)24(29)13-14-28-26(31)32-16-23-21-11-5-3-9-19(21)20-10-4-6-12-22(20)23/h1-12,23-25,29-30H,13-14,16H2,(H,28,31). The Hall–Kier alpha value is -3.66. The van der Waals surface area contributed by atoms with Crippen LogP contribution in [-0.4, -0.2) is 35.6 Å². The van der Waals surface area contributed by atoms with Crippen LogP contribution in [0.15, 0.2) is 72.8 Å². The fourth-order valence-corrected chi connectivity index (χ4v) is 4.19. The second kappa shape index (κ2) is 9.65. The van der Waals surface area contributed by atoms with Crippen LogP contribution in [-0.2, 0) is 4.74 Å². The summed E-state index contributed by atoms with van der Waals surface area (Å²) < 4.78 is 5.47. The lowest BCUT2D eigenvalue weighted by Crippen LogP contribution is -2.30. The molecule has 2 atom stereocenters. The van der Waals surface area contributed by atoms with E-state index in [0.29, 0.717) is 11.1 Å². The summed E-state index contributed by atoms with van der Waals surface area (Å²) in [7, 11) is 0. The van der Waals surface area contributed by atoms with Crippen LogP contribution in [0.2, 0.25) is 0 Å². The van der Waals surface area contributed by atoms with E-state index in [1.165, 1.54) is 0 Å². The van der Waals surface area contributed by atoms with Crippen molar-refractivity contribution in [2.45, 2.75) is 24.5 Å². The Balaban J connectivity index is 1.29. The monoisotopic (exact) mass is 428 g/mol. The zero-order valence-corrected chi connectivity index (χ0v) is 17.4. The zero-order valence-electron chi connectivity index (χ0n) is 17.4. The van der Waals surface area contributed by atoms with E-state index in [1.54, 1.807) is 24.3 Å². The van der Waals surface area contributed by atoms with E-state index in [0.717, 1.165) is 22.3 Å². The van der Waals surface area contributed by atoms with Gasteiger partial charge >= 0.3 is 6.09 Å². The van der Waals surface area contributed by atoms with Crippen molar-refractivity contribution in [3.05, 3.63) is 95.1 Å². The molecule has 6 nitrogen and oxygen atoms in total. The Labute approximate surface area is 186 Å². The number of hydrogen-bond donors (Lipinski definition) is 3. The quantitative estimate of drug-likeness (QED) is 0.530. The van der Waals surface area contributed by atoms with Crippen LogP contribution >= 0.6 is 0 Å². The lowest BCUT2D eigenvalue weighted by molar-refractivity contribution is 0.0135. The van der Waals surface area contributed by atoms with E-state index < -0.39 is 18.3 Å². The van der Waals surface area contributed by atoms with Crippen LogP contribution < -0.4 is 5.32 Å². The van der Waals surface area contributed by atoms with Gasteiger partial charge in [0.15, 0.2) is 0 Å². The molecule has 4 rings (SSSR count). The van der Waals surface area contributed by atoms with Crippen LogP contribution in [0, 0.1) is 11.3 Å². The highest BCUT2D eigenvalue weighted by molar-refractivity contribution is 5.79. The Bertz CT molecular complexity index is 1110. The van der Waals surface area contributed by atoms with E-state index in [-0.39, 0.29) is 25.5 Å². The van der Waals surface area contributed by atoms with Gasteiger partial charge in [0.2, 0.25) is 0 Å². The molecule has 0 fully saturated rings. The maximum atomic E-state index is 12.2. The Kier molecular flexibility index (Phi) is 6.50. The minimum absolute atomic E-state index is 0.0250. The number of carbonyl (C=O) groups excluding carboxylic acids is 1. The highest BCUT2D eigenvalue weighted by Crippen LogP contribution is 2.44. The fourth-order valence-electron chi connectivity index (χ4n) is 4.19. The number of nitriles is 1. The summed E-state index contributed by atoms with van der Waals surface area (Å²) in [6, 6.07) is 24.8. The predicted molar refractivity (Wildman–Crippen MR) is 120 cm³/mol. The number of aliphatic hydroxyl groups excluding tert-OH is 2. The van der Waals surface area contributed by atoms with E-state index >= 15 is 0 Å². The molecule has 0 saturated heterocycles. The first kappa shape index (κ1) is 21.6. The third-order valence-corrected chi connectivity index (χ3v) is 5.82. The minimum Gasteiger partial charge on any atom is -0.449 e. The molecule has 0 spiro atoms. The molecule has 1 aliphatic rings. The number of nitrogens with one attached hydrogen (secondary N) is 1. The van der Waals surface area contributed by atoms with Crippen LogP contribution in [0.5, 0.6) is 0 Å². The van der Waals surface area contributed by atoms with Crippen molar-refractivity contribution >= 4 is 6.09 Å². The molecule has 0 saturated carbocycles. The predicted octanol–water partition coefficient (Wildman–Crippen LogP) is 3.88. The van der Waals surface area contributed by atoms with Crippen molar-refractivity contribution in [1.29, 1.82) is 5.26 Å². The smallest absolute Gasteiger partial charge is 0.407 e. The minimum atomic E-state index is -1.21. The van der Waals surface area contributed by atoms with Crippen molar-refractivity contribution in [2.24, 2.45) is 0 Å². The molecule has 0 heterocycles. The molecule has 3 aromatic rings. The van der Waals surface area contributed by atoms with Crippen molar-refractivity contribution in [3.8, 4) is 17.2 Å². The number of benzene rings is 3. The summed E-state index contributed by atoms with van der Waals surface area (Å²) in [4.78, 5) is 12.2. The average molecular weight is 428 g/mol. The molecule has 2 unspecified atom stereocenters. The number of amides is 1. The first-order chi connectivity index (χ1) is 15.6. The van der Waals surface area contributed by atoms with Gasteiger partial charge in [-0.25, -0.2) is 4.79 Å². The van der Waals surface area contributed by atoms with Crippen LogP contribution in [0.1, 0.15) is 40.7 Å². The largest absolute Gasteiger partial charge is 0.449 e. The Morgan fingerprint density at radius 3 is 2.22 bits per heavy atom. The normalized spacial score (nSPS) is 14.0. The topological polar surface area (TPSA) is 103 Å². The maximum Gasteiger partial charge on any atom is 0.407 e. The summed E-state index contributed by atoms with van der Waals surface area (Å²) in [6.07, 6.45) is -2.80. The van der Waals surface area contributed by atoms with Crippen molar-refractivity contribution < 1.29 is 19.7 Å². The lowest BCUT2D eigenvalue weighted by atomic mass is 9.98. The molecule has 0 radical (unpaired) electrons. The highest BCUT2D eigenvalue weighted by Gasteiger charge is 2.29. The SMILES string of the molecule is N#Cc1ccccc1C(O)C(O)CCNC(=O)OCC1c2ccccc2-c2ccccc21. The highest BCUT2D eigenvalue weighted by atomic mass is 16.5. The Morgan fingerprint density at radius 1 is 0.969 bits per heavy atom. The van der Waals surface area contributed by atoms with Crippen LogP contribution in [0.25, 0.3) is 11.1 Å². The van der Waals surface area contributed by atoms with Gasteiger partial charge < -0.3 is 20.3 Å². The summed E-state index contributed by atoms with van der Waals surface area (Å²) in [5, 5.41) is 32.4. The van der Waals surface area contributed by atoms with E-state index in [4.69, 9.17) is 10.00 Å². The van der Waals surface area contributed by atoms with Crippen LogP contribution in [0.3, 0.4) is 0 Å². The van der Waals surface area contributed by atoms with Gasteiger partial charge in [-0.2, -0.15) is 5.26 Å². The summed E-state index contributed by atoms with van der Waals surface area (Å²) in [5.74, 6) is -0.0250. The number of nitrogens with zero attached hydrogens (tertiary/aromatic N) is 1. The van der Waals surface area contributed by atoms with Gasteiger partial charge in [0, 0.05) is 18.0 Å². The van der Waals surface area contributed by atoms with Gasteiger partial charge in [-0.05, 0) is 34.7 Å². The van der Waals surface area contributed by atoms with Crippen molar-refractivity contribution in [2.75, 3.05) is 13.2 Å². The second-order valence-electron chi connectivity index (χ2n) is 7.75. The summed E-state index contributed by atoms with van der Waals surface area (Å²) in [6.45, 7) is 0.338. The van der Waals surface area contributed by atoms with Crippen molar-refractivity contribution in [1.82, 2.24) is 5.32 Å². The molecule has 162 valence electrons. The second-order valence-corrected chi connectivity index (χ2v) is 7.75. The number of carbonyl (C=O) groups is 1. The molecule has 3 N–H and O–H groups in total. The molecule has 0 bridgehead atoms. The van der Waals surface area contributed by atoms with E-state index in [1.807, 2.05) is 30.3 Å². The van der Waals surface area contributed by atoms with Gasteiger partial charge in [0.1, 0.15) is 12.7 Å².